The molecule has 0 heterocycles. The zero-order chi connectivity index (χ0) is 32.6. The van der Waals surface area contributed by atoms with E-state index in [4.69, 9.17) is 0 Å². The Morgan fingerprint density at radius 2 is 0.841 bits per heavy atom. The minimum atomic E-state index is 0. The van der Waals surface area contributed by atoms with Crippen LogP contribution in [0.1, 0.15) is 152 Å². The molecule has 0 aliphatic rings. The summed E-state index contributed by atoms with van der Waals surface area (Å²) in [4.78, 5) is 0. The van der Waals surface area contributed by atoms with E-state index in [0.29, 0.717) is 23.7 Å². The van der Waals surface area contributed by atoms with Crippen molar-refractivity contribution in [3.05, 3.63) is 111 Å². The van der Waals surface area contributed by atoms with Gasteiger partial charge in [-0.2, -0.15) is 25.0 Å². The Balaban J connectivity index is -0.000000569. The van der Waals surface area contributed by atoms with E-state index in [1.807, 2.05) is 0 Å². The summed E-state index contributed by atoms with van der Waals surface area (Å²) in [5.41, 5.74) is 8.66. The van der Waals surface area contributed by atoms with E-state index in [-0.39, 0.29) is 14.9 Å². The van der Waals surface area contributed by atoms with Crippen LogP contribution in [0.2, 0.25) is 0 Å². The van der Waals surface area contributed by atoms with E-state index < -0.39 is 0 Å². The first-order valence-electron chi connectivity index (χ1n) is 16.1. The summed E-state index contributed by atoms with van der Waals surface area (Å²) in [5.74, 6) is 2.42. The van der Waals surface area contributed by atoms with Crippen LogP contribution in [-0.4, -0.2) is 6.88 Å². The van der Waals surface area contributed by atoms with Gasteiger partial charge in [-0.3, -0.25) is 0 Å². The third kappa shape index (κ3) is 15.4. The Kier molecular flexibility index (Phi) is 26.7. The summed E-state index contributed by atoms with van der Waals surface area (Å²) in [6.45, 7) is 37.0. The first-order chi connectivity index (χ1) is 19.8. The van der Waals surface area contributed by atoms with Crippen LogP contribution in [0.5, 0.6) is 0 Å². The van der Waals surface area contributed by atoms with Crippen molar-refractivity contribution in [3.63, 3.8) is 0 Å². The molecule has 0 saturated carbocycles. The van der Waals surface area contributed by atoms with Gasteiger partial charge in [0.25, 0.3) is 0 Å². The summed E-state index contributed by atoms with van der Waals surface area (Å²) in [6, 6.07) is 18.7. The molecule has 0 atom stereocenters. The van der Waals surface area contributed by atoms with Crippen molar-refractivity contribution in [2.75, 3.05) is 0 Å². The van der Waals surface area contributed by atoms with Gasteiger partial charge in [-0.1, -0.05) is 130 Å². The molecule has 0 fully saturated rings. The molecule has 4 aromatic carbocycles. The Labute approximate surface area is 293 Å². The molecule has 0 nitrogen and oxygen atoms in total. The Morgan fingerprint density at radius 3 is 1.05 bits per heavy atom. The van der Waals surface area contributed by atoms with E-state index >= 15 is 0 Å². The number of fused-ring (bicyclic) bond motifs is 2. The van der Waals surface area contributed by atoms with Gasteiger partial charge in [-0.15, -0.1) is 56.9 Å². The summed E-state index contributed by atoms with van der Waals surface area (Å²) in [5, 5.41) is 5.70. The van der Waals surface area contributed by atoms with Gasteiger partial charge < -0.3 is 28.7 Å². The van der Waals surface area contributed by atoms with Crippen molar-refractivity contribution in [2.45, 2.75) is 132 Å². The molecule has 0 aromatic heterocycles. The average Bonchev–Trinajstić information content (AvgIpc) is 3.53. The topological polar surface area (TPSA) is 0 Å². The van der Waals surface area contributed by atoms with E-state index in [0.717, 1.165) is 12.8 Å². The molecule has 0 saturated heterocycles. The minimum absolute atomic E-state index is 0. The number of hydrogen-bond acceptors (Lipinski definition) is 0. The van der Waals surface area contributed by atoms with E-state index in [2.05, 4.69) is 152 Å². The van der Waals surface area contributed by atoms with Gasteiger partial charge in [0.1, 0.15) is 0 Å². The Morgan fingerprint density at radius 1 is 0.568 bits per heavy atom. The van der Waals surface area contributed by atoms with Crippen LogP contribution in [0.15, 0.2) is 48.5 Å². The number of hydrogen-bond donors (Lipinski definition) is 0. The van der Waals surface area contributed by atoms with Gasteiger partial charge in [0, 0.05) is 0 Å². The van der Waals surface area contributed by atoms with Crippen LogP contribution in [0.3, 0.4) is 0 Å². The zero-order valence-corrected chi connectivity index (χ0v) is 34.6. The van der Waals surface area contributed by atoms with Gasteiger partial charge in [0.2, 0.25) is 0 Å². The third-order valence-corrected chi connectivity index (χ3v) is 7.33. The molecule has 4 rings (SSSR count). The maximum absolute atomic E-state index is 3.60. The van der Waals surface area contributed by atoms with Crippen molar-refractivity contribution < 1.29 is 23.3 Å². The van der Waals surface area contributed by atoms with Crippen molar-refractivity contribution in [3.8, 4) is 0 Å². The van der Waals surface area contributed by atoms with Gasteiger partial charge in [0.05, 0.1) is 0 Å². The molecule has 4 aromatic rings. The summed E-state index contributed by atoms with van der Waals surface area (Å²) in [7, 11) is 0. The maximum atomic E-state index is 3.60. The molecule has 0 bridgehead atoms. The molecular formula is C42H66SiZr-6. The average molecular weight is 690 g/mol. The summed E-state index contributed by atoms with van der Waals surface area (Å²) >= 11 is 1.36. The second-order valence-electron chi connectivity index (χ2n) is 12.6. The molecular weight excluding hydrogens is 624 g/mol. The second kappa shape index (κ2) is 24.9. The van der Waals surface area contributed by atoms with Crippen LogP contribution in [0, 0.1) is 42.5 Å². The van der Waals surface area contributed by atoms with Crippen molar-refractivity contribution in [1.29, 1.82) is 0 Å². The fourth-order valence-corrected chi connectivity index (χ4v) is 4.67. The standard InChI is InChI=1S/2C16H21.2C4H9.2CH3.Si.Zr/c2*1-10(2)13-8-14-6-12(5)7-16(14)15(9-13)11(3)4;2*1-3-4-2;;;;/h2*6-11H,1-5H3;2*1,3-4H2,2H3;2*1H3;;/q6*-1;;. The molecule has 248 valence electrons. The van der Waals surface area contributed by atoms with E-state index in [1.54, 1.807) is 0 Å². The summed E-state index contributed by atoms with van der Waals surface area (Å²) in [6.07, 6.45) is 4.56. The number of benzene rings is 2. The normalized spacial score (nSPS) is 10.1. The third-order valence-electron chi connectivity index (χ3n) is 7.33. The quantitative estimate of drug-likeness (QED) is 0.140. The van der Waals surface area contributed by atoms with E-state index in [1.165, 1.54) is 91.1 Å². The van der Waals surface area contributed by atoms with Crippen molar-refractivity contribution in [1.82, 2.24) is 0 Å². The van der Waals surface area contributed by atoms with Gasteiger partial charge in [0.15, 0.2) is 0 Å². The fourth-order valence-electron chi connectivity index (χ4n) is 4.67. The van der Waals surface area contributed by atoms with Gasteiger partial charge in [-0.05, 0) is 23.7 Å². The number of aryl methyl sites for hydroxylation is 2. The first-order valence-corrected chi connectivity index (χ1v) is 20.2. The molecule has 2 radical (unpaired) electrons. The second-order valence-corrected chi connectivity index (χ2v) is 12.6. The monoisotopic (exact) mass is 688 g/mol. The summed E-state index contributed by atoms with van der Waals surface area (Å²) < 4.78 is 0. The molecule has 0 spiro atoms. The fraction of sp³-hybridized carbons (Fsp3) is 0.476. The van der Waals surface area contributed by atoms with Crippen LogP contribution >= 0.6 is 0 Å². The predicted octanol–water partition coefficient (Wildman–Crippen LogP) is 14.0. The predicted molar refractivity (Wildman–Crippen MR) is 204 cm³/mol. The van der Waals surface area contributed by atoms with Gasteiger partial charge in [-0.25, -0.2) is 0 Å². The first kappa shape index (κ1) is 47.2. The van der Waals surface area contributed by atoms with Crippen LogP contribution < -0.4 is 0 Å². The zero-order valence-electron chi connectivity index (χ0n) is 31.2. The molecule has 0 unspecified atom stereocenters. The Hall–Kier alpha value is -1.24. The number of rotatable bonds is 6. The van der Waals surface area contributed by atoms with Crippen LogP contribution in [0.4, 0.5) is 0 Å². The van der Waals surface area contributed by atoms with Crippen LogP contribution in [-0.2, 0) is 23.3 Å². The molecule has 2 heteroatoms. The molecule has 0 aliphatic carbocycles. The Bertz CT molecular complexity index is 1180. The molecule has 0 aliphatic heterocycles. The molecule has 0 N–H and O–H groups in total. The molecule has 0 amide bonds. The SMILES string of the molecule is Cc1cc2c(C(C)C)cc(C(C)C)cc2[cH-]1.Cc1cc2c(C(C)C)cc(C(C)C)cc2[cH-]1.[CH2-]CCC.[CH2-]CCC.[CH3-].[CH3-].[Si]=[Zr]. The van der Waals surface area contributed by atoms with Crippen LogP contribution in [0.25, 0.3) is 21.5 Å². The molecule has 44 heavy (non-hydrogen) atoms. The van der Waals surface area contributed by atoms with Crippen molar-refractivity contribution in [2.24, 2.45) is 0 Å². The van der Waals surface area contributed by atoms with Crippen molar-refractivity contribution >= 4 is 28.4 Å². The van der Waals surface area contributed by atoms with E-state index in [9.17, 15) is 0 Å². The number of unbranched alkanes of at least 4 members (excludes halogenated alkanes) is 2. The van der Waals surface area contributed by atoms with Gasteiger partial charge >= 0.3 is 30.2 Å².